The number of aliphatic hydroxyl groups is 1. The summed E-state index contributed by atoms with van der Waals surface area (Å²) in [6.07, 6.45) is -0.405. The summed E-state index contributed by atoms with van der Waals surface area (Å²) in [5.74, 6) is 1.49. The first-order valence-corrected chi connectivity index (χ1v) is 7.81. The van der Waals surface area contributed by atoms with Gasteiger partial charge in [0.25, 0.3) is 0 Å². The van der Waals surface area contributed by atoms with Crippen LogP contribution in [0.2, 0.25) is 0 Å². The second-order valence-corrected chi connectivity index (χ2v) is 6.08. The minimum absolute atomic E-state index is 0.405. The van der Waals surface area contributed by atoms with Gasteiger partial charge >= 0.3 is 0 Å². The van der Waals surface area contributed by atoms with Crippen molar-refractivity contribution in [3.05, 3.63) is 47.2 Å². The van der Waals surface area contributed by atoms with E-state index in [1.165, 1.54) is 5.56 Å². The first-order valence-electron chi connectivity index (χ1n) is 7.81. The minimum Gasteiger partial charge on any atom is -0.389 e. The summed E-state index contributed by atoms with van der Waals surface area (Å²) < 4.78 is 2.00. The van der Waals surface area contributed by atoms with Gasteiger partial charge < -0.3 is 10.4 Å². The van der Waals surface area contributed by atoms with Gasteiger partial charge in [-0.25, -0.2) is 4.68 Å². The number of nitrogens with zero attached hydrogens (tertiary/aromatic N) is 3. The first-order chi connectivity index (χ1) is 10.6. The number of aliphatic hydroxyl groups excluding tert-OH is 1. The van der Waals surface area contributed by atoms with Gasteiger partial charge in [-0.2, -0.15) is 5.10 Å². The fraction of sp³-hybridized carbons (Fsp3) is 0.471. The Bertz CT molecular complexity index is 618. The zero-order chi connectivity index (χ0) is 15.5. The zero-order valence-corrected chi connectivity index (χ0v) is 13.2. The lowest BCUT2D eigenvalue weighted by atomic mass is 10.1. The molecule has 2 unspecified atom stereocenters. The van der Waals surface area contributed by atoms with Crippen LogP contribution in [0.1, 0.15) is 29.8 Å². The Hall–Kier alpha value is -1.85. The highest BCUT2D eigenvalue weighted by Gasteiger charge is 2.20. The lowest BCUT2D eigenvalue weighted by Gasteiger charge is -2.23. The van der Waals surface area contributed by atoms with Crippen LogP contribution >= 0.6 is 0 Å². The van der Waals surface area contributed by atoms with E-state index in [2.05, 4.69) is 27.9 Å². The van der Waals surface area contributed by atoms with Gasteiger partial charge in [-0.1, -0.05) is 24.3 Å². The molecular formula is C17H23N4O. The van der Waals surface area contributed by atoms with Crippen molar-refractivity contribution in [3.8, 4) is 0 Å². The third-order valence-electron chi connectivity index (χ3n) is 4.05. The second kappa shape index (κ2) is 6.50. The largest absolute Gasteiger partial charge is 0.389 e. The molecule has 0 saturated heterocycles. The Labute approximate surface area is 131 Å². The van der Waals surface area contributed by atoms with Gasteiger partial charge in [-0.05, 0) is 25.0 Å². The number of benzene rings is 1. The highest BCUT2D eigenvalue weighted by Crippen LogP contribution is 2.18. The van der Waals surface area contributed by atoms with Crippen LogP contribution in [0.5, 0.6) is 0 Å². The Balaban J connectivity index is 1.47. The van der Waals surface area contributed by atoms with Gasteiger partial charge in [0.05, 0.1) is 11.8 Å². The average molecular weight is 299 g/mol. The first kappa shape index (κ1) is 15.1. The lowest BCUT2D eigenvalue weighted by Crippen LogP contribution is -2.34. The van der Waals surface area contributed by atoms with Crippen molar-refractivity contribution in [3.63, 3.8) is 0 Å². The van der Waals surface area contributed by atoms with Crippen molar-refractivity contribution in [2.45, 2.75) is 33.0 Å². The van der Waals surface area contributed by atoms with Crippen LogP contribution in [0, 0.1) is 12.8 Å². The SMILES string of the molecule is Cc1cc2n(n1)CC(CNCc1ccc(C(C)O)cc1)C[N]2. The molecule has 0 bridgehead atoms. The summed E-state index contributed by atoms with van der Waals surface area (Å²) in [7, 11) is 0. The predicted molar refractivity (Wildman–Crippen MR) is 85.9 cm³/mol. The molecule has 1 radical (unpaired) electrons. The van der Waals surface area contributed by atoms with Crippen molar-refractivity contribution < 1.29 is 5.11 Å². The third kappa shape index (κ3) is 3.48. The molecule has 0 amide bonds. The second-order valence-electron chi connectivity index (χ2n) is 6.08. The van der Waals surface area contributed by atoms with Crippen LogP contribution in [0.25, 0.3) is 0 Å². The van der Waals surface area contributed by atoms with Gasteiger partial charge in [0.2, 0.25) is 0 Å². The van der Waals surface area contributed by atoms with Crippen molar-refractivity contribution in [1.29, 1.82) is 0 Å². The number of hydrogen-bond donors (Lipinski definition) is 2. The molecule has 0 aliphatic carbocycles. The Morgan fingerprint density at radius 2 is 2.14 bits per heavy atom. The Kier molecular flexibility index (Phi) is 4.45. The maximum atomic E-state index is 9.51. The predicted octanol–water partition coefficient (Wildman–Crippen LogP) is 1.90. The van der Waals surface area contributed by atoms with E-state index in [9.17, 15) is 5.11 Å². The van der Waals surface area contributed by atoms with Crippen LogP contribution in [0.3, 0.4) is 0 Å². The third-order valence-corrected chi connectivity index (χ3v) is 4.05. The van der Waals surface area contributed by atoms with Crippen molar-refractivity contribution >= 4 is 5.82 Å². The molecule has 2 aromatic rings. The molecule has 0 saturated carbocycles. The molecule has 1 aliphatic rings. The van der Waals surface area contributed by atoms with Crippen LogP contribution < -0.4 is 10.6 Å². The summed E-state index contributed by atoms with van der Waals surface area (Å²) in [6, 6.07) is 10.1. The van der Waals surface area contributed by atoms with Crippen LogP contribution in [0.15, 0.2) is 30.3 Å². The summed E-state index contributed by atoms with van der Waals surface area (Å²) in [4.78, 5) is 0. The summed E-state index contributed by atoms with van der Waals surface area (Å²) in [6.45, 7) is 7.34. The van der Waals surface area contributed by atoms with E-state index in [4.69, 9.17) is 0 Å². The fourth-order valence-corrected chi connectivity index (χ4v) is 2.78. The smallest absolute Gasteiger partial charge is 0.145 e. The number of aryl methyl sites for hydroxylation is 1. The minimum atomic E-state index is -0.405. The van der Waals surface area contributed by atoms with Gasteiger partial charge in [0.15, 0.2) is 0 Å². The topological polar surface area (TPSA) is 64.2 Å². The van der Waals surface area contributed by atoms with Crippen molar-refractivity contribution in [1.82, 2.24) is 20.4 Å². The number of fused-ring (bicyclic) bond motifs is 1. The van der Waals surface area contributed by atoms with Crippen LogP contribution in [-0.2, 0) is 13.1 Å². The molecule has 2 heterocycles. The van der Waals surface area contributed by atoms with Crippen LogP contribution in [-0.4, -0.2) is 28.0 Å². The molecule has 3 rings (SSSR count). The van der Waals surface area contributed by atoms with E-state index in [0.29, 0.717) is 5.92 Å². The highest BCUT2D eigenvalue weighted by molar-refractivity contribution is 5.30. The normalized spacial score (nSPS) is 18.6. The van der Waals surface area contributed by atoms with E-state index >= 15 is 0 Å². The summed E-state index contributed by atoms with van der Waals surface area (Å²) >= 11 is 0. The molecule has 5 nitrogen and oxygen atoms in total. The number of rotatable bonds is 5. The van der Waals surface area contributed by atoms with Gasteiger partial charge in [-0.15, -0.1) is 0 Å². The molecule has 0 spiro atoms. The Morgan fingerprint density at radius 1 is 1.36 bits per heavy atom. The molecule has 1 aromatic carbocycles. The van der Waals surface area contributed by atoms with Gasteiger partial charge in [0.1, 0.15) is 5.82 Å². The fourth-order valence-electron chi connectivity index (χ4n) is 2.78. The summed E-state index contributed by atoms with van der Waals surface area (Å²) in [5, 5.41) is 22.1. The highest BCUT2D eigenvalue weighted by atomic mass is 16.3. The van der Waals surface area contributed by atoms with Gasteiger partial charge in [0, 0.05) is 38.2 Å². The molecule has 5 heteroatoms. The zero-order valence-electron chi connectivity index (χ0n) is 13.2. The van der Waals surface area contributed by atoms with E-state index < -0.39 is 6.10 Å². The molecule has 22 heavy (non-hydrogen) atoms. The molecular weight excluding hydrogens is 276 g/mol. The molecule has 0 fully saturated rings. The van der Waals surface area contributed by atoms with E-state index in [-0.39, 0.29) is 0 Å². The van der Waals surface area contributed by atoms with Gasteiger partial charge in [-0.3, -0.25) is 5.32 Å². The standard InChI is InChI=1S/C17H23N4O/c1-12-7-17-19-10-15(11-21(17)20-12)9-18-8-14-3-5-16(6-4-14)13(2)22/h3-7,13,15,18,22H,8-11H2,1-2H3. The number of hydrogen-bond acceptors (Lipinski definition) is 3. The Morgan fingerprint density at radius 3 is 2.86 bits per heavy atom. The maximum Gasteiger partial charge on any atom is 0.145 e. The number of aromatic nitrogens is 2. The summed E-state index contributed by atoms with van der Waals surface area (Å²) in [5.41, 5.74) is 3.22. The molecule has 2 atom stereocenters. The average Bonchev–Trinajstić information content (AvgIpc) is 2.87. The van der Waals surface area contributed by atoms with Crippen LogP contribution in [0.4, 0.5) is 5.82 Å². The number of nitrogens with one attached hydrogen (secondary N) is 1. The lowest BCUT2D eigenvalue weighted by molar-refractivity contribution is 0.199. The monoisotopic (exact) mass is 299 g/mol. The van der Waals surface area contributed by atoms with Crippen molar-refractivity contribution in [2.24, 2.45) is 5.92 Å². The molecule has 2 N–H and O–H groups in total. The van der Waals surface area contributed by atoms with E-state index in [1.807, 2.05) is 29.8 Å². The van der Waals surface area contributed by atoms with E-state index in [0.717, 1.165) is 43.3 Å². The quantitative estimate of drug-likeness (QED) is 0.886. The molecule has 1 aromatic heterocycles. The molecule has 117 valence electrons. The van der Waals surface area contributed by atoms with E-state index in [1.54, 1.807) is 6.92 Å². The maximum absolute atomic E-state index is 9.51. The van der Waals surface area contributed by atoms with Crippen molar-refractivity contribution in [2.75, 3.05) is 13.1 Å². The molecule has 1 aliphatic heterocycles.